The van der Waals surface area contributed by atoms with Crippen LogP contribution in [0.25, 0.3) is 0 Å². The lowest BCUT2D eigenvalue weighted by atomic mass is 9.87. The SMILES string of the molecule is CN1CCC(S)(C(NC(=O)CCC(N)C(=O)O)C(=O)NCC(=O)O)CC1. The number of piperidine rings is 1. The largest absolute Gasteiger partial charge is 0.480 e. The first-order valence-electron chi connectivity index (χ1n) is 8.23. The molecule has 2 atom stereocenters. The predicted octanol–water partition coefficient (Wildman–Crippen LogP) is -1.74. The van der Waals surface area contributed by atoms with Gasteiger partial charge in [-0.05, 0) is 39.4 Å². The summed E-state index contributed by atoms with van der Waals surface area (Å²) in [6, 6.07) is -2.21. The van der Waals surface area contributed by atoms with Crippen molar-refractivity contribution >= 4 is 36.4 Å². The van der Waals surface area contributed by atoms with Crippen LogP contribution in [0.15, 0.2) is 0 Å². The molecule has 1 fully saturated rings. The number of hydrogen-bond donors (Lipinski definition) is 6. The third-order valence-corrected chi connectivity index (χ3v) is 5.08. The number of carbonyl (C=O) groups excluding carboxylic acids is 2. The standard InChI is InChI=1S/C15H26N4O6S/c1-19-6-4-15(26,5-7-19)12(13(23)17-8-11(21)22)18-10(20)3-2-9(16)14(24)25/h9,12,26H,2-8,16H2,1H3,(H,17,23)(H,18,20)(H,21,22)(H,24,25). The topological polar surface area (TPSA) is 162 Å². The molecule has 1 rings (SSSR count). The second-order valence-corrected chi connectivity index (χ2v) is 7.39. The van der Waals surface area contributed by atoms with Gasteiger partial charge < -0.3 is 31.5 Å². The Morgan fingerprint density at radius 1 is 1.23 bits per heavy atom. The summed E-state index contributed by atoms with van der Waals surface area (Å²) in [6.45, 7) is 0.775. The number of nitrogens with one attached hydrogen (secondary N) is 2. The minimum Gasteiger partial charge on any atom is -0.480 e. The average Bonchev–Trinajstić information content (AvgIpc) is 2.57. The Morgan fingerprint density at radius 3 is 2.31 bits per heavy atom. The third-order valence-electron chi connectivity index (χ3n) is 4.37. The maximum Gasteiger partial charge on any atom is 0.322 e. The summed E-state index contributed by atoms with van der Waals surface area (Å²) in [5.41, 5.74) is 5.38. The van der Waals surface area contributed by atoms with Crippen molar-refractivity contribution in [3.63, 3.8) is 0 Å². The molecule has 2 unspecified atom stereocenters. The van der Waals surface area contributed by atoms with Gasteiger partial charge in [-0.15, -0.1) is 0 Å². The Bertz CT molecular complexity index is 550. The van der Waals surface area contributed by atoms with Gasteiger partial charge in [-0.2, -0.15) is 12.6 Å². The zero-order valence-electron chi connectivity index (χ0n) is 14.6. The average molecular weight is 390 g/mol. The van der Waals surface area contributed by atoms with Gasteiger partial charge in [0, 0.05) is 11.2 Å². The third kappa shape index (κ3) is 6.81. The zero-order chi connectivity index (χ0) is 19.9. The lowest BCUT2D eigenvalue weighted by molar-refractivity contribution is -0.139. The molecule has 0 saturated carbocycles. The molecule has 0 spiro atoms. The van der Waals surface area contributed by atoms with E-state index in [0.29, 0.717) is 25.9 Å². The van der Waals surface area contributed by atoms with Crippen molar-refractivity contribution in [1.29, 1.82) is 0 Å². The van der Waals surface area contributed by atoms with Crippen LogP contribution < -0.4 is 16.4 Å². The quantitative estimate of drug-likeness (QED) is 0.253. The highest BCUT2D eigenvalue weighted by atomic mass is 32.1. The molecule has 0 bridgehead atoms. The Labute approximate surface area is 156 Å². The van der Waals surface area contributed by atoms with Gasteiger partial charge in [0.1, 0.15) is 18.6 Å². The first-order chi connectivity index (χ1) is 12.0. The highest BCUT2D eigenvalue weighted by Gasteiger charge is 2.43. The second-order valence-electron chi connectivity index (χ2n) is 6.50. The summed E-state index contributed by atoms with van der Waals surface area (Å²) in [7, 11) is 1.93. The molecule has 0 aliphatic carbocycles. The summed E-state index contributed by atoms with van der Waals surface area (Å²) in [6.07, 6.45) is 0.798. The maximum atomic E-state index is 12.4. The molecule has 1 aliphatic heterocycles. The van der Waals surface area contributed by atoms with E-state index in [-0.39, 0.29) is 12.8 Å². The van der Waals surface area contributed by atoms with Gasteiger partial charge in [-0.25, -0.2) is 0 Å². The molecule has 6 N–H and O–H groups in total. The van der Waals surface area contributed by atoms with Crippen molar-refractivity contribution in [1.82, 2.24) is 15.5 Å². The van der Waals surface area contributed by atoms with E-state index in [1.807, 2.05) is 7.05 Å². The molecule has 1 heterocycles. The second kappa shape index (κ2) is 9.74. The van der Waals surface area contributed by atoms with Gasteiger partial charge in [0.05, 0.1) is 0 Å². The Kier molecular flexibility index (Phi) is 8.31. The molecule has 0 radical (unpaired) electrons. The number of nitrogens with zero attached hydrogens (tertiary/aromatic N) is 1. The van der Waals surface area contributed by atoms with Crippen LogP contribution in [0, 0.1) is 0 Å². The van der Waals surface area contributed by atoms with Crippen LogP contribution in [0.4, 0.5) is 0 Å². The fourth-order valence-corrected chi connectivity index (χ4v) is 3.03. The highest BCUT2D eigenvalue weighted by Crippen LogP contribution is 2.32. The highest BCUT2D eigenvalue weighted by molar-refractivity contribution is 7.82. The molecular formula is C15H26N4O6S. The number of hydrogen-bond acceptors (Lipinski definition) is 7. The van der Waals surface area contributed by atoms with Crippen molar-refractivity contribution in [3.05, 3.63) is 0 Å². The first kappa shape index (κ1) is 22.2. The van der Waals surface area contributed by atoms with E-state index in [0.717, 1.165) is 0 Å². The van der Waals surface area contributed by atoms with Crippen molar-refractivity contribution in [3.8, 4) is 0 Å². The number of carbonyl (C=O) groups is 4. The Hall–Kier alpha value is -1.85. The molecule has 1 aliphatic rings. The van der Waals surface area contributed by atoms with E-state index in [4.69, 9.17) is 15.9 Å². The summed E-state index contributed by atoms with van der Waals surface area (Å²) in [5, 5.41) is 22.3. The van der Waals surface area contributed by atoms with E-state index >= 15 is 0 Å². The fraction of sp³-hybridized carbons (Fsp3) is 0.733. The lowest BCUT2D eigenvalue weighted by Gasteiger charge is -2.41. The molecule has 0 aromatic carbocycles. The summed E-state index contributed by atoms with van der Waals surface area (Å²) >= 11 is 4.62. The van der Waals surface area contributed by atoms with Gasteiger partial charge in [0.2, 0.25) is 11.8 Å². The van der Waals surface area contributed by atoms with Crippen molar-refractivity contribution in [2.24, 2.45) is 5.73 Å². The number of amides is 2. The predicted molar refractivity (Wildman–Crippen MR) is 95.9 cm³/mol. The van der Waals surface area contributed by atoms with E-state index < -0.39 is 47.1 Å². The summed E-state index contributed by atoms with van der Waals surface area (Å²) in [5.74, 6) is -3.59. The van der Waals surface area contributed by atoms with Crippen LogP contribution in [0.3, 0.4) is 0 Å². The number of nitrogens with two attached hydrogens (primary N) is 1. The molecule has 1 saturated heterocycles. The van der Waals surface area contributed by atoms with Gasteiger partial charge in [-0.3, -0.25) is 19.2 Å². The van der Waals surface area contributed by atoms with Crippen LogP contribution in [-0.2, 0) is 19.2 Å². The number of carboxylic acid groups (broad SMARTS) is 2. The Balaban J connectivity index is 2.80. The van der Waals surface area contributed by atoms with Crippen LogP contribution in [0.1, 0.15) is 25.7 Å². The molecule has 11 heteroatoms. The van der Waals surface area contributed by atoms with Crippen LogP contribution in [-0.4, -0.2) is 82.4 Å². The fourth-order valence-electron chi connectivity index (χ4n) is 2.65. The van der Waals surface area contributed by atoms with Crippen LogP contribution >= 0.6 is 12.6 Å². The van der Waals surface area contributed by atoms with Gasteiger partial charge in [0.15, 0.2) is 0 Å². The molecule has 2 amide bonds. The van der Waals surface area contributed by atoms with E-state index in [9.17, 15) is 19.2 Å². The Morgan fingerprint density at radius 2 is 1.81 bits per heavy atom. The minimum atomic E-state index is -1.21. The molecule has 148 valence electrons. The van der Waals surface area contributed by atoms with Gasteiger partial charge >= 0.3 is 11.9 Å². The first-order valence-corrected chi connectivity index (χ1v) is 8.68. The number of aliphatic carboxylic acids is 2. The molecule has 0 aromatic heterocycles. The smallest absolute Gasteiger partial charge is 0.322 e. The lowest BCUT2D eigenvalue weighted by Crippen LogP contribution is -2.61. The number of thiol groups is 1. The summed E-state index contributed by atoms with van der Waals surface area (Å²) in [4.78, 5) is 48.1. The van der Waals surface area contributed by atoms with Crippen LogP contribution in [0.5, 0.6) is 0 Å². The molecular weight excluding hydrogens is 364 g/mol. The molecule has 26 heavy (non-hydrogen) atoms. The number of rotatable bonds is 9. The van der Waals surface area contributed by atoms with E-state index in [2.05, 4.69) is 28.2 Å². The van der Waals surface area contributed by atoms with Crippen LogP contribution in [0.2, 0.25) is 0 Å². The van der Waals surface area contributed by atoms with Gasteiger partial charge in [0.25, 0.3) is 0 Å². The van der Waals surface area contributed by atoms with E-state index in [1.54, 1.807) is 0 Å². The van der Waals surface area contributed by atoms with E-state index in [1.165, 1.54) is 0 Å². The monoisotopic (exact) mass is 390 g/mol. The normalized spacial score (nSPS) is 19.2. The number of likely N-dealkylation sites (tertiary alicyclic amines) is 1. The molecule has 10 nitrogen and oxygen atoms in total. The zero-order valence-corrected chi connectivity index (χ0v) is 15.5. The maximum absolute atomic E-state index is 12.4. The molecule has 0 aromatic rings. The summed E-state index contributed by atoms with van der Waals surface area (Å²) < 4.78 is -0.834. The van der Waals surface area contributed by atoms with Crippen molar-refractivity contribution < 1.29 is 29.4 Å². The van der Waals surface area contributed by atoms with Gasteiger partial charge in [-0.1, -0.05) is 0 Å². The van der Waals surface area contributed by atoms with Crippen molar-refractivity contribution in [2.75, 3.05) is 26.7 Å². The number of carboxylic acids is 2. The minimum absolute atomic E-state index is 0.0764. The van der Waals surface area contributed by atoms with Crippen molar-refractivity contribution in [2.45, 2.75) is 42.5 Å².